The summed E-state index contributed by atoms with van der Waals surface area (Å²) in [7, 11) is 0. The fraction of sp³-hybridized carbons (Fsp3) is 0.924. The van der Waals surface area contributed by atoms with Gasteiger partial charge in [-0.2, -0.15) is 0 Å². The number of nitrogens with one attached hydrogen (secondary N) is 1. The zero-order valence-electron chi connectivity index (χ0n) is 51.1. The van der Waals surface area contributed by atoms with E-state index < -0.39 is 86.8 Å². The van der Waals surface area contributed by atoms with Gasteiger partial charge in [-0.3, -0.25) is 4.79 Å². The van der Waals surface area contributed by atoms with Crippen molar-refractivity contribution in [2.24, 2.45) is 0 Å². The summed E-state index contributed by atoms with van der Waals surface area (Å²) < 4.78 is 22.8. The molecule has 2 aliphatic heterocycles. The highest BCUT2D eigenvalue weighted by atomic mass is 16.7. The third kappa shape index (κ3) is 36.3. The van der Waals surface area contributed by atoms with E-state index in [4.69, 9.17) is 18.9 Å². The zero-order chi connectivity index (χ0) is 58.1. The van der Waals surface area contributed by atoms with Crippen molar-refractivity contribution in [3.8, 4) is 0 Å². The summed E-state index contributed by atoms with van der Waals surface area (Å²) in [4.78, 5) is 13.3. The van der Waals surface area contributed by atoms with Gasteiger partial charge in [-0.1, -0.05) is 282 Å². The lowest BCUT2D eigenvalue weighted by Crippen LogP contribution is -2.65. The minimum atomic E-state index is -1.79. The number of allylic oxidation sites excluding steroid dienone is 3. The number of hydrogen-bond donors (Lipinski definition) is 9. The average molecular weight is 1140 g/mol. The predicted octanol–water partition coefficient (Wildman–Crippen LogP) is 12.8. The smallest absolute Gasteiger partial charge is 0.220 e. The number of carbonyl (C=O) groups excluding carboxylic acids is 1. The Hall–Kier alpha value is -1.53. The van der Waals surface area contributed by atoms with Gasteiger partial charge in [0.2, 0.25) is 5.91 Å². The third-order valence-electron chi connectivity index (χ3n) is 16.6. The molecule has 0 spiro atoms. The highest BCUT2D eigenvalue weighted by molar-refractivity contribution is 5.76. The third-order valence-corrected chi connectivity index (χ3v) is 16.6. The number of unbranched alkanes of at least 4 members (excludes halogenated alkanes) is 40. The van der Waals surface area contributed by atoms with Crippen molar-refractivity contribution in [2.45, 2.75) is 370 Å². The molecule has 472 valence electrons. The van der Waals surface area contributed by atoms with Gasteiger partial charge in [0.25, 0.3) is 0 Å². The van der Waals surface area contributed by atoms with Crippen molar-refractivity contribution >= 4 is 5.91 Å². The van der Waals surface area contributed by atoms with E-state index in [9.17, 15) is 45.6 Å². The van der Waals surface area contributed by atoms with Gasteiger partial charge in [-0.05, 0) is 32.1 Å². The van der Waals surface area contributed by atoms with Crippen molar-refractivity contribution in [1.82, 2.24) is 5.32 Å². The topological polar surface area (TPSA) is 228 Å². The summed E-state index contributed by atoms with van der Waals surface area (Å²) in [6, 6.07) is -0.928. The van der Waals surface area contributed by atoms with E-state index in [1.54, 1.807) is 6.08 Å². The fourth-order valence-corrected chi connectivity index (χ4v) is 11.3. The second kappa shape index (κ2) is 51.9. The van der Waals surface area contributed by atoms with Crippen LogP contribution in [-0.2, 0) is 23.7 Å². The predicted molar refractivity (Wildman–Crippen MR) is 323 cm³/mol. The molecule has 12 atom stereocenters. The highest BCUT2D eigenvalue weighted by Gasteiger charge is 2.51. The summed E-state index contributed by atoms with van der Waals surface area (Å²) in [5, 5.41) is 87.2. The van der Waals surface area contributed by atoms with Crippen molar-refractivity contribution in [2.75, 3.05) is 19.8 Å². The van der Waals surface area contributed by atoms with Crippen LogP contribution in [-0.4, -0.2) is 140 Å². The molecule has 14 nitrogen and oxygen atoms in total. The summed E-state index contributed by atoms with van der Waals surface area (Å²) in [6.45, 7) is 2.82. The van der Waals surface area contributed by atoms with E-state index in [-0.39, 0.29) is 18.9 Å². The van der Waals surface area contributed by atoms with Crippen LogP contribution in [0.4, 0.5) is 0 Å². The SMILES string of the molecule is CCCCCCCCCCCCCCCCCCCCCCCCCC/C=C/CC/C=C/C(O)C(COC1OC(CO)C(OC2OC(CO)C(O)C(O)C2O)C(O)C1O)NC(=O)CCCCCCCCCCCCCCCCCC. The molecule has 2 aliphatic rings. The van der Waals surface area contributed by atoms with Crippen molar-refractivity contribution in [3.05, 3.63) is 24.3 Å². The molecule has 0 aromatic heterocycles. The molecule has 0 aromatic rings. The molecule has 1 amide bonds. The molecule has 12 unspecified atom stereocenters. The molecule has 0 bridgehead atoms. The van der Waals surface area contributed by atoms with Crippen LogP contribution in [0.15, 0.2) is 24.3 Å². The molecule has 2 heterocycles. The number of aliphatic hydroxyl groups excluding tert-OH is 8. The lowest BCUT2D eigenvalue weighted by Gasteiger charge is -2.46. The van der Waals surface area contributed by atoms with Crippen LogP contribution in [0.1, 0.15) is 296 Å². The van der Waals surface area contributed by atoms with Crippen LogP contribution >= 0.6 is 0 Å². The number of carbonyl (C=O) groups is 1. The lowest BCUT2D eigenvalue weighted by molar-refractivity contribution is -0.359. The zero-order valence-corrected chi connectivity index (χ0v) is 51.1. The molecule has 0 aliphatic carbocycles. The highest BCUT2D eigenvalue weighted by Crippen LogP contribution is 2.30. The standard InChI is InChI=1S/C66H125NO13/c1-3-5-7-9-11-13-15-17-19-21-22-23-24-25-26-27-28-29-30-31-32-33-34-35-37-39-41-43-45-47-49-55(70)54(67-58(71)50-48-46-44-42-40-38-36-20-18-16-14-12-10-8-6-4-2)53-77-65-63(76)61(74)64(57(52-69)79-65)80-66-62(75)60(73)59(72)56(51-68)78-66/h39,41,47,49,54-57,59-66,68-70,72-76H,3-38,40,42-46,48,50-53H2,1-2H3,(H,67,71)/b41-39+,49-47+. The van der Waals surface area contributed by atoms with Gasteiger partial charge in [0.1, 0.15) is 48.8 Å². The maximum absolute atomic E-state index is 13.3. The Morgan fingerprint density at radius 3 is 1.23 bits per heavy atom. The van der Waals surface area contributed by atoms with Crippen LogP contribution in [0.3, 0.4) is 0 Å². The minimum Gasteiger partial charge on any atom is -0.394 e. The van der Waals surface area contributed by atoms with Crippen molar-refractivity contribution < 1.29 is 64.6 Å². The second-order valence-corrected chi connectivity index (χ2v) is 24.0. The Morgan fingerprint density at radius 2 is 0.800 bits per heavy atom. The van der Waals surface area contributed by atoms with Gasteiger partial charge >= 0.3 is 0 Å². The van der Waals surface area contributed by atoms with Crippen LogP contribution in [0.2, 0.25) is 0 Å². The Kier molecular flexibility index (Phi) is 48.3. The fourth-order valence-electron chi connectivity index (χ4n) is 11.3. The van der Waals surface area contributed by atoms with E-state index in [2.05, 4.69) is 31.3 Å². The molecule has 2 rings (SSSR count). The van der Waals surface area contributed by atoms with Crippen LogP contribution in [0.5, 0.6) is 0 Å². The molecular weight excluding hydrogens is 1010 g/mol. The van der Waals surface area contributed by atoms with Gasteiger partial charge in [0.05, 0.1) is 32.0 Å². The molecule has 0 radical (unpaired) electrons. The molecule has 9 N–H and O–H groups in total. The normalized spacial score (nSPS) is 24.3. The number of ether oxygens (including phenoxy) is 4. The van der Waals surface area contributed by atoms with E-state index in [1.807, 2.05) is 6.08 Å². The summed E-state index contributed by atoms with van der Waals surface area (Å²) in [6.07, 6.45) is 46.7. The van der Waals surface area contributed by atoms with E-state index >= 15 is 0 Å². The van der Waals surface area contributed by atoms with Crippen molar-refractivity contribution in [3.63, 3.8) is 0 Å². The van der Waals surface area contributed by atoms with Gasteiger partial charge in [-0.25, -0.2) is 0 Å². The van der Waals surface area contributed by atoms with Crippen LogP contribution in [0, 0.1) is 0 Å². The molecule has 80 heavy (non-hydrogen) atoms. The Labute approximate surface area is 488 Å². The number of aliphatic hydroxyl groups is 8. The second-order valence-electron chi connectivity index (χ2n) is 24.0. The largest absolute Gasteiger partial charge is 0.394 e. The summed E-state index contributed by atoms with van der Waals surface area (Å²) in [5.41, 5.74) is 0. The molecule has 0 saturated carbocycles. The van der Waals surface area contributed by atoms with E-state index in [1.165, 1.54) is 231 Å². The lowest BCUT2D eigenvalue weighted by atomic mass is 9.97. The summed E-state index contributed by atoms with van der Waals surface area (Å²) >= 11 is 0. The van der Waals surface area contributed by atoms with E-state index in [0.29, 0.717) is 12.8 Å². The van der Waals surface area contributed by atoms with Gasteiger partial charge < -0.3 is 65.1 Å². The Morgan fingerprint density at radius 1 is 0.438 bits per heavy atom. The average Bonchev–Trinajstić information content (AvgIpc) is 3.46. The van der Waals surface area contributed by atoms with E-state index in [0.717, 1.165) is 32.1 Å². The molecule has 14 heteroatoms. The maximum atomic E-state index is 13.3. The Bertz CT molecular complexity index is 1440. The van der Waals surface area contributed by atoms with Gasteiger partial charge in [0.15, 0.2) is 12.6 Å². The number of hydrogen-bond acceptors (Lipinski definition) is 13. The maximum Gasteiger partial charge on any atom is 0.220 e. The minimum absolute atomic E-state index is 0.244. The first-order valence-electron chi connectivity index (χ1n) is 33.6. The van der Waals surface area contributed by atoms with Gasteiger partial charge in [0, 0.05) is 6.42 Å². The summed E-state index contributed by atoms with van der Waals surface area (Å²) in [5.74, 6) is -0.244. The molecule has 2 saturated heterocycles. The van der Waals surface area contributed by atoms with Crippen LogP contribution < -0.4 is 5.32 Å². The monoisotopic (exact) mass is 1140 g/mol. The van der Waals surface area contributed by atoms with Gasteiger partial charge in [-0.15, -0.1) is 0 Å². The molecular formula is C66H125NO13. The molecule has 0 aromatic carbocycles. The van der Waals surface area contributed by atoms with Crippen molar-refractivity contribution in [1.29, 1.82) is 0 Å². The van der Waals surface area contributed by atoms with Crippen LogP contribution in [0.25, 0.3) is 0 Å². The first-order valence-corrected chi connectivity index (χ1v) is 33.6. The number of rotatable bonds is 55. The quantitative estimate of drug-likeness (QED) is 0.0204. The first-order chi connectivity index (χ1) is 39.1. The first kappa shape index (κ1) is 74.6. The molecule has 2 fully saturated rings. The Balaban J connectivity index is 1.69. The number of amides is 1.